The van der Waals surface area contributed by atoms with Crippen LogP contribution in [-0.4, -0.2) is 83.5 Å². The van der Waals surface area contributed by atoms with Crippen molar-refractivity contribution < 1.29 is 0 Å². The summed E-state index contributed by atoms with van der Waals surface area (Å²) in [6.07, 6.45) is 0. The van der Waals surface area contributed by atoms with E-state index in [0.29, 0.717) is 0 Å². The van der Waals surface area contributed by atoms with Gasteiger partial charge in [0.2, 0.25) is 0 Å². The molecule has 0 aromatic heterocycles. The van der Waals surface area contributed by atoms with Crippen LogP contribution in [0.4, 0.5) is 0 Å². The Bertz CT molecular complexity index is 8.00. The molecule has 0 aliphatic rings. The van der Waals surface area contributed by atoms with Gasteiger partial charge in [0.15, 0.2) is 0 Å². The van der Waals surface area contributed by atoms with Crippen molar-refractivity contribution in [2.75, 3.05) is 0 Å². The fourth-order valence-corrected chi connectivity index (χ4v) is 0. The van der Waals surface area contributed by atoms with Gasteiger partial charge in [-0.05, 0) is 0 Å². The van der Waals surface area contributed by atoms with Crippen LogP contribution in [-0.2, 0) is 0 Å². The molecule has 0 aromatic carbocycles. The van der Waals surface area contributed by atoms with Crippen molar-refractivity contribution in [1.82, 2.24) is 0 Å². The average molecular weight is 543 g/mol. The van der Waals surface area contributed by atoms with Gasteiger partial charge in [0.25, 0.3) is 0 Å². The van der Waals surface area contributed by atoms with Gasteiger partial charge in [0, 0.05) is 0 Å². The fraction of sp³-hybridized carbons (Fsp3) is 0. The van der Waals surface area contributed by atoms with Gasteiger partial charge in [-0.1, -0.05) is 0 Å². The van der Waals surface area contributed by atoms with E-state index in [0.717, 1.165) is 0 Å². The normalized spacial score (nSPS) is 1.50. The quantitative estimate of drug-likeness (QED) is 0.284. The molecule has 0 nitrogen and oxygen atoms in total. The summed E-state index contributed by atoms with van der Waals surface area (Å²) >= 11 is 4.21. The molecule has 28 valence electrons. The summed E-state index contributed by atoms with van der Waals surface area (Å²) in [4.78, 5) is 0. The molecule has 0 fully saturated rings. The Hall–Kier alpha value is 3.01. The Labute approximate surface area is 81.8 Å². The molecule has 0 saturated carbocycles. The molecular formula is H6BiSbSeTe. The van der Waals surface area contributed by atoms with Crippen LogP contribution in [0.5, 0.6) is 0 Å². The van der Waals surface area contributed by atoms with Crippen LogP contribution >= 0.6 is 0 Å². The van der Waals surface area contributed by atoms with Gasteiger partial charge in [-0.25, -0.2) is 0 Å². The predicted octanol–water partition coefficient (Wildman–Crippen LogP) is -3.13. The van der Waals surface area contributed by atoms with Gasteiger partial charge in [-0.2, -0.15) is 0 Å². The minimum absolute atomic E-state index is 0. The molecule has 4 heavy (non-hydrogen) atoms. The molecule has 0 unspecified atom stereocenters. The number of rotatable bonds is 0. The summed E-state index contributed by atoms with van der Waals surface area (Å²) in [6, 6.07) is 0. The second-order valence-electron chi connectivity index (χ2n) is 0. The molecule has 0 spiro atoms. The zero-order valence-electron chi connectivity index (χ0n) is 2.14. The van der Waals surface area contributed by atoms with Crippen LogP contribution in [0.25, 0.3) is 0 Å². The first kappa shape index (κ1) is 15.7. The second-order valence-corrected chi connectivity index (χ2v) is 0. The summed E-state index contributed by atoms with van der Waals surface area (Å²) < 4.78 is 0. The molecule has 4 heteroatoms. The Morgan fingerprint density at radius 3 is 1.25 bits per heavy atom. The van der Waals surface area contributed by atoms with E-state index in [4.69, 9.17) is 0 Å². The molecular weight excluding hydrogens is 537 g/mol. The Morgan fingerprint density at radius 1 is 1.25 bits per heavy atom. The standard InChI is InChI=1S/Bi.Sb.HSeTe.5H/c;;1-2;;;;;/h;;1H;;;;;. The van der Waals surface area contributed by atoms with Gasteiger partial charge in [0.1, 0.15) is 0 Å². The van der Waals surface area contributed by atoms with Crippen LogP contribution in [0.2, 0.25) is 0 Å². The van der Waals surface area contributed by atoms with E-state index in [1.54, 1.807) is 0 Å². The summed E-state index contributed by atoms with van der Waals surface area (Å²) in [6.45, 7) is 0. The van der Waals surface area contributed by atoms with E-state index in [-0.39, 0.29) is 50.6 Å². The topological polar surface area (TPSA) is 0 Å². The van der Waals surface area contributed by atoms with Crippen molar-refractivity contribution in [3.8, 4) is 0 Å². The predicted molar refractivity (Wildman–Crippen MR) is 31.4 cm³/mol. The van der Waals surface area contributed by atoms with Crippen molar-refractivity contribution in [3.63, 3.8) is 0 Å². The zero-order valence-corrected chi connectivity index (χ0v) is 15.1. The van der Waals surface area contributed by atoms with E-state index >= 15 is 0 Å². The van der Waals surface area contributed by atoms with Crippen molar-refractivity contribution in [2.24, 2.45) is 0 Å². The molecule has 0 aromatic rings. The molecule has 0 atom stereocenters. The summed E-state index contributed by atoms with van der Waals surface area (Å²) in [5.41, 5.74) is 0. The van der Waals surface area contributed by atoms with Crippen molar-refractivity contribution in [1.29, 1.82) is 0 Å². The Morgan fingerprint density at radius 2 is 1.25 bits per heavy atom. The van der Waals surface area contributed by atoms with Gasteiger partial charge >= 0.3 is 83.5 Å². The molecule has 0 N–H and O–H groups in total. The van der Waals surface area contributed by atoms with Crippen LogP contribution in [0, 0.1) is 0 Å². The third kappa shape index (κ3) is 8.89. The second kappa shape index (κ2) is 16.6. The minimum atomic E-state index is 0. The summed E-state index contributed by atoms with van der Waals surface area (Å²) in [5.74, 6) is 0. The monoisotopic (exact) mass is 546 g/mol. The molecule has 0 rings (SSSR count). The van der Waals surface area contributed by atoms with Crippen molar-refractivity contribution in [3.05, 3.63) is 0 Å². The Kier molecular flexibility index (Phi) is 65.5. The van der Waals surface area contributed by atoms with E-state index in [1.165, 1.54) is 0 Å². The molecule has 2 radical (unpaired) electrons. The number of hydrogen-bond acceptors (Lipinski definition) is 0. The SMILES string of the molecule is [BiH3].[SbH2].[SeH][Te]. The number of hydrogen-bond donors (Lipinski definition) is 0. The van der Waals surface area contributed by atoms with Gasteiger partial charge in [-0.3, -0.25) is 0 Å². The fourth-order valence-electron chi connectivity index (χ4n) is 0. The molecule has 0 heterocycles. The molecule has 0 aliphatic carbocycles. The summed E-state index contributed by atoms with van der Waals surface area (Å²) in [7, 11) is 0. The van der Waals surface area contributed by atoms with Gasteiger partial charge < -0.3 is 0 Å². The van der Waals surface area contributed by atoms with E-state index < -0.39 is 0 Å². The first-order chi connectivity index (χ1) is 1.00. The summed E-state index contributed by atoms with van der Waals surface area (Å²) in [5, 5.41) is 0. The maximum atomic E-state index is 2.32. The molecule has 0 amide bonds. The van der Waals surface area contributed by atoms with Crippen LogP contribution < -0.4 is 0 Å². The van der Waals surface area contributed by atoms with E-state index in [1.807, 2.05) is 20.1 Å². The van der Waals surface area contributed by atoms with Gasteiger partial charge in [-0.15, -0.1) is 0 Å². The Balaban J connectivity index is -0.00000000500. The first-order valence-corrected chi connectivity index (χ1v) is 6.36. The molecule has 0 bridgehead atoms. The third-order valence-corrected chi connectivity index (χ3v) is 0. The third-order valence-electron chi connectivity index (χ3n) is 0. The van der Waals surface area contributed by atoms with Gasteiger partial charge in [0.05, 0.1) is 0 Å². The van der Waals surface area contributed by atoms with Crippen LogP contribution in [0.15, 0.2) is 0 Å². The van der Waals surface area contributed by atoms with Crippen molar-refractivity contribution >= 4 is 83.5 Å². The van der Waals surface area contributed by atoms with Crippen molar-refractivity contribution in [2.45, 2.75) is 0 Å². The average Bonchev–Trinajstić information content (AvgIpc) is 1.00. The zero-order chi connectivity index (χ0) is 2.00. The molecule has 0 aliphatic heterocycles. The van der Waals surface area contributed by atoms with Crippen LogP contribution in [0.3, 0.4) is 0 Å². The van der Waals surface area contributed by atoms with Crippen LogP contribution in [0.1, 0.15) is 0 Å². The van der Waals surface area contributed by atoms with E-state index in [9.17, 15) is 0 Å². The maximum absolute atomic E-state index is 2.32. The molecule has 0 saturated heterocycles. The first-order valence-electron chi connectivity index (χ1n) is 0.183. The van der Waals surface area contributed by atoms with E-state index in [2.05, 4.69) is 12.8 Å².